The SMILES string of the molecule is OC(c1cc(Br)c2c(c1)OCO2)C1CCc2cccnc21. The number of benzene rings is 1. The number of ether oxygens (including phenoxy) is 2. The summed E-state index contributed by atoms with van der Waals surface area (Å²) in [4.78, 5) is 4.45. The normalized spacial score (nSPS) is 20.4. The van der Waals surface area contributed by atoms with Gasteiger partial charge in [0.15, 0.2) is 11.5 Å². The van der Waals surface area contributed by atoms with Gasteiger partial charge in [0.2, 0.25) is 6.79 Å². The molecule has 2 heterocycles. The molecule has 0 saturated carbocycles. The zero-order chi connectivity index (χ0) is 14.4. The second-order valence-corrected chi connectivity index (χ2v) is 6.23. The van der Waals surface area contributed by atoms with Crippen LogP contribution in [0.1, 0.15) is 35.3 Å². The van der Waals surface area contributed by atoms with Crippen LogP contribution >= 0.6 is 15.9 Å². The Kier molecular flexibility index (Phi) is 3.12. The molecule has 1 N–H and O–H groups in total. The van der Waals surface area contributed by atoms with Crippen LogP contribution in [-0.2, 0) is 6.42 Å². The van der Waals surface area contributed by atoms with Gasteiger partial charge in [0.1, 0.15) is 0 Å². The van der Waals surface area contributed by atoms with E-state index < -0.39 is 6.10 Å². The Bertz CT molecular complexity index is 704. The number of nitrogens with zero attached hydrogens (tertiary/aromatic N) is 1. The Morgan fingerprint density at radius 2 is 2.24 bits per heavy atom. The van der Waals surface area contributed by atoms with Crippen LogP contribution in [0.2, 0.25) is 0 Å². The lowest BCUT2D eigenvalue weighted by Crippen LogP contribution is -2.09. The molecule has 1 aromatic heterocycles. The first-order chi connectivity index (χ1) is 10.2. The predicted octanol–water partition coefficient (Wildman–Crippen LogP) is 3.34. The number of rotatable bonds is 2. The van der Waals surface area contributed by atoms with Gasteiger partial charge >= 0.3 is 0 Å². The van der Waals surface area contributed by atoms with E-state index in [0.717, 1.165) is 28.6 Å². The van der Waals surface area contributed by atoms with Gasteiger partial charge in [-0.05, 0) is 58.1 Å². The van der Waals surface area contributed by atoms with Crippen LogP contribution in [0.5, 0.6) is 11.5 Å². The van der Waals surface area contributed by atoms with E-state index in [-0.39, 0.29) is 12.7 Å². The fourth-order valence-corrected chi connectivity index (χ4v) is 3.72. The van der Waals surface area contributed by atoms with Crippen molar-refractivity contribution in [1.82, 2.24) is 4.98 Å². The van der Waals surface area contributed by atoms with Gasteiger partial charge in [-0.25, -0.2) is 0 Å². The molecule has 0 saturated heterocycles. The molecule has 2 unspecified atom stereocenters. The summed E-state index contributed by atoms with van der Waals surface area (Å²) in [5.41, 5.74) is 3.08. The molecule has 108 valence electrons. The van der Waals surface area contributed by atoms with E-state index in [2.05, 4.69) is 27.0 Å². The third-order valence-corrected chi connectivity index (χ3v) is 4.76. The lowest BCUT2D eigenvalue weighted by atomic mass is 9.93. The molecule has 21 heavy (non-hydrogen) atoms. The van der Waals surface area contributed by atoms with E-state index in [0.29, 0.717) is 11.5 Å². The number of aliphatic hydroxyl groups is 1. The van der Waals surface area contributed by atoms with Crippen LogP contribution in [0.3, 0.4) is 0 Å². The van der Waals surface area contributed by atoms with Crippen LogP contribution in [0.15, 0.2) is 34.9 Å². The van der Waals surface area contributed by atoms with Crippen LogP contribution in [0.4, 0.5) is 0 Å². The van der Waals surface area contributed by atoms with Crippen LogP contribution in [-0.4, -0.2) is 16.9 Å². The van der Waals surface area contributed by atoms with Crippen LogP contribution < -0.4 is 9.47 Å². The quantitative estimate of drug-likeness (QED) is 0.905. The predicted molar refractivity (Wildman–Crippen MR) is 80.5 cm³/mol. The standard InChI is InChI=1S/C16H14BrNO3/c17-12-6-10(7-13-16(12)21-8-20-13)15(19)11-4-3-9-2-1-5-18-14(9)11/h1-2,5-7,11,15,19H,3-4,8H2. The van der Waals surface area contributed by atoms with Crippen LogP contribution in [0, 0.1) is 0 Å². The van der Waals surface area contributed by atoms with Gasteiger partial charge in [0.05, 0.1) is 10.6 Å². The molecule has 4 nitrogen and oxygen atoms in total. The number of aryl methyl sites for hydroxylation is 1. The number of hydrogen-bond donors (Lipinski definition) is 1. The number of halogens is 1. The van der Waals surface area contributed by atoms with Crippen molar-refractivity contribution < 1.29 is 14.6 Å². The molecule has 2 aromatic rings. The second-order valence-electron chi connectivity index (χ2n) is 5.37. The lowest BCUT2D eigenvalue weighted by molar-refractivity contribution is 0.142. The maximum atomic E-state index is 10.8. The van der Waals surface area contributed by atoms with Crippen molar-refractivity contribution in [2.75, 3.05) is 6.79 Å². The first-order valence-electron chi connectivity index (χ1n) is 6.95. The molecule has 1 aliphatic carbocycles. The largest absolute Gasteiger partial charge is 0.454 e. The molecule has 0 fully saturated rings. The van der Waals surface area contributed by atoms with Gasteiger partial charge in [-0.1, -0.05) is 6.07 Å². The van der Waals surface area contributed by atoms with Crippen molar-refractivity contribution in [3.8, 4) is 11.5 Å². The van der Waals surface area contributed by atoms with Crippen molar-refractivity contribution >= 4 is 15.9 Å². The highest BCUT2D eigenvalue weighted by Crippen LogP contribution is 2.45. The fourth-order valence-electron chi connectivity index (χ4n) is 3.14. The molecule has 0 radical (unpaired) electrons. The molecule has 0 spiro atoms. The van der Waals surface area contributed by atoms with Gasteiger partial charge in [-0.2, -0.15) is 0 Å². The Labute approximate surface area is 130 Å². The Balaban J connectivity index is 1.70. The minimum Gasteiger partial charge on any atom is -0.454 e. The number of fused-ring (bicyclic) bond motifs is 2. The van der Waals surface area contributed by atoms with E-state index in [9.17, 15) is 5.11 Å². The van der Waals surface area contributed by atoms with E-state index >= 15 is 0 Å². The number of aliphatic hydroxyl groups excluding tert-OH is 1. The van der Waals surface area contributed by atoms with Crippen LogP contribution in [0.25, 0.3) is 0 Å². The van der Waals surface area contributed by atoms with Crippen molar-refractivity contribution in [3.05, 3.63) is 51.8 Å². The first kappa shape index (κ1) is 13.1. The number of aromatic nitrogens is 1. The van der Waals surface area contributed by atoms with Crippen molar-refractivity contribution in [3.63, 3.8) is 0 Å². The maximum absolute atomic E-state index is 10.8. The van der Waals surface area contributed by atoms with Gasteiger partial charge in [0.25, 0.3) is 0 Å². The van der Waals surface area contributed by atoms with E-state index in [4.69, 9.17) is 9.47 Å². The summed E-state index contributed by atoms with van der Waals surface area (Å²) in [6.45, 7) is 0.224. The summed E-state index contributed by atoms with van der Waals surface area (Å²) in [7, 11) is 0. The average molecular weight is 348 g/mol. The van der Waals surface area contributed by atoms with Gasteiger partial charge in [-0.3, -0.25) is 4.98 Å². The number of hydrogen-bond acceptors (Lipinski definition) is 4. The Morgan fingerprint density at radius 1 is 1.33 bits per heavy atom. The zero-order valence-corrected chi connectivity index (χ0v) is 12.8. The molecule has 2 aliphatic rings. The molecule has 2 atom stereocenters. The molecule has 1 aliphatic heterocycles. The molecular weight excluding hydrogens is 334 g/mol. The molecule has 5 heteroatoms. The maximum Gasteiger partial charge on any atom is 0.231 e. The summed E-state index contributed by atoms with van der Waals surface area (Å²) in [5, 5.41) is 10.8. The van der Waals surface area contributed by atoms with Gasteiger partial charge in [0, 0.05) is 17.8 Å². The lowest BCUT2D eigenvalue weighted by Gasteiger charge is -2.19. The smallest absolute Gasteiger partial charge is 0.231 e. The summed E-state index contributed by atoms with van der Waals surface area (Å²) in [6.07, 6.45) is 3.09. The zero-order valence-electron chi connectivity index (χ0n) is 11.3. The Hall–Kier alpha value is -1.59. The van der Waals surface area contributed by atoms with Crippen molar-refractivity contribution in [2.45, 2.75) is 24.9 Å². The van der Waals surface area contributed by atoms with Gasteiger partial charge in [-0.15, -0.1) is 0 Å². The Morgan fingerprint density at radius 3 is 3.14 bits per heavy atom. The molecule has 4 rings (SSSR count). The highest BCUT2D eigenvalue weighted by atomic mass is 79.9. The first-order valence-corrected chi connectivity index (χ1v) is 7.74. The fraction of sp³-hybridized carbons (Fsp3) is 0.312. The number of pyridine rings is 1. The minimum atomic E-state index is -0.591. The molecule has 0 bridgehead atoms. The van der Waals surface area contributed by atoms with E-state index in [1.807, 2.05) is 18.2 Å². The highest BCUT2D eigenvalue weighted by Gasteiger charge is 2.32. The minimum absolute atomic E-state index is 0.0356. The molecular formula is C16H14BrNO3. The third-order valence-electron chi connectivity index (χ3n) is 4.17. The van der Waals surface area contributed by atoms with E-state index in [1.54, 1.807) is 6.20 Å². The second kappa shape index (κ2) is 5.00. The highest BCUT2D eigenvalue weighted by molar-refractivity contribution is 9.10. The van der Waals surface area contributed by atoms with Gasteiger partial charge < -0.3 is 14.6 Å². The van der Waals surface area contributed by atoms with E-state index in [1.165, 1.54) is 5.56 Å². The molecule has 0 amide bonds. The monoisotopic (exact) mass is 347 g/mol. The summed E-state index contributed by atoms with van der Waals surface area (Å²) in [5.74, 6) is 1.42. The summed E-state index contributed by atoms with van der Waals surface area (Å²) in [6, 6.07) is 7.80. The summed E-state index contributed by atoms with van der Waals surface area (Å²) < 4.78 is 11.6. The summed E-state index contributed by atoms with van der Waals surface area (Å²) >= 11 is 3.48. The topological polar surface area (TPSA) is 51.6 Å². The average Bonchev–Trinajstić information content (AvgIpc) is 3.13. The van der Waals surface area contributed by atoms with Crippen molar-refractivity contribution in [2.24, 2.45) is 0 Å². The third kappa shape index (κ3) is 2.12. The van der Waals surface area contributed by atoms with Crippen molar-refractivity contribution in [1.29, 1.82) is 0 Å². The molecule has 1 aromatic carbocycles.